The number of sulfonamides is 1. The van der Waals surface area contributed by atoms with Crippen LogP contribution in [0, 0.1) is 0 Å². The zero-order valence-electron chi connectivity index (χ0n) is 13.7. The Morgan fingerprint density at radius 1 is 1.26 bits per heavy atom. The first-order valence-corrected chi connectivity index (χ1v) is 9.41. The fourth-order valence-electron chi connectivity index (χ4n) is 2.60. The van der Waals surface area contributed by atoms with Crippen molar-refractivity contribution in [3.63, 3.8) is 0 Å². The van der Waals surface area contributed by atoms with Crippen molar-refractivity contribution in [2.24, 2.45) is 0 Å². The Morgan fingerprint density at radius 2 is 1.96 bits per heavy atom. The molecule has 0 atom stereocenters. The highest BCUT2D eigenvalue weighted by Gasteiger charge is 2.29. The second-order valence-electron chi connectivity index (χ2n) is 5.59. The van der Waals surface area contributed by atoms with Crippen LogP contribution in [0.4, 0.5) is 0 Å². The number of nitrogens with one attached hydrogen (secondary N) is 1. The van der Waals surface area contributed by atoms with E-state index >= 15 is 0 Å². The van der Waals surface area contributed by atoms with Gasteiger partial charge in [0.2, 0.25) is 10.0 Å². The first-order valence-electron chi connectivity index (χ1n) is 7.97. The quantitative estimate of drug-likeness (QED) is 0.859. The minimum atomic E-state index is -3.65. The maximum absolute atomic E-state index is 12.9. The third-order valence-electron chi connectivity index (χ3n) is 3.89. The summed E-state index contributed by atoms with van der Waals surface area (Å²) in [5, 5.41) is 2.76. The molecule has 0 aliphatic carbocycles. The third kappa shape index (κ3) is 4.03. The average Bonchev–Trinajstić information content (AvgIpc) is 2.59. The highest BCUT2D eigenvalue weighted by atomic mass is 32.2. The van der Waals surface area contributed by atoms with Gasteiger partial charge in [0.05, 0.1) is 7.11 Å². The molecule has 1 heterocycles. The number of carbonyl (C=O) groups excluding carboxylic acids is 1. The van der Waals surface area contributed by atoms with Crippen LogP contribution in [0.2, 0.25) is 0 Å². The Hall–Kier alpha value is -1.60. The van der Waals surface area contributed by atoms with Crippen LogP contribution < -0.4 is 10.1 Å². The van der Waals surface area contributed by atoms with E-state index in [-0.39, 0.29) is 16.6 Å². The maximum atomic E-state index is 12.9. The molecule has 1 fully saturated rings. The standard InChI is InChI=1S/C16H24N2O4S/c1-3-9-17-16(19)13-7-8-14(22-2)15(12-13)23(20,21)18-10-5-4-6-11-18/h7-8,12H,3-6,9-11H2,1-2H3,(H,17,19). The molecule has 0 bridgehead atoms. The molecule has 1 saturated heterocycles. The molecule has 1 N–H and O–H groups in total. The monoisotopic (exact) mass is 340 g/mol. The first-order chi connectivity index (χ1) is 11.0. The van der Waals surface area contributed by atoms with E-state index in [0.29, 0.717) is 25.2 Å². The molecule has 7 heteroatoms. The Kier molecular flexibility index (Phi) is 6.01. The third-order valence-corrected chi connectivity index (χ3v) is 5.81. The summed E-state index contributed by atoms with van der Waals surface area (Å²) in [5.74, 6) is -0.00721. The number of benzene rings is 1. The Labute approximate surface area is 137 Å². The lowest BCUT2D eigenvalue weighted by Gasteiger charge is -2.26. The lowest BCUT2D eigenvalue weighted by Crippen LogP contribution is -2.36. The van der Waals surface area contributed by atoms with E-state index in [1.807, 2.05) is 6.92 Å². The molecule has 0 unspecified atom stereocenters. The second-order valence-corrected chi connectivity index (χ2v) is 7.49. The van der Waals surface area contributed by atoms with Gasteiger partial charge in [-0.25, -0.2) is 8.42 Å². The molecule has 23 heavy (non-hydrogen) atoms. The van der Waals surface area contributed by atoms with Gasteiger partial charge in [-0.15, -0.1) is 0 Å². The van der Waals surface area contributed by atoms with E-state index in [4.69, 9.17) is 4.74 Å². The summed E-state index contributed by atoms with van der Waals surface area (Å²) < 4.78 is 32.4. The molecule has 128 valence electrons. The van der Waals surface area contributed by atoms with Crippen molar-refractivity contribution >= 4 is 15.9 Å². The molecule has 1 amide bonds. The van der Waals surface area contributed by atoms with Gasteiger partial charge in [-0.2, -0.15) is 4.31 Å². The van der Waals surface area contributed by atoms with Crippen molar-refractivity contribution in [3.8, 4) is 5.75 Å². The van der Waals surface area contributed by atoms with Gasteiger partial charge in [-0.1, -0.05) is 13.3 Å². The van der Waals surface area contributed by atoms with Crippen LogP contribution in [-0.2, 0) is 10.0 Å². The van der Waals surface area contributed by atoms with E-state index in [0.717, 1.165) is 25.7 Å². The number of amides is 1. The van der Waals surface area contributed by atoms with Crippen molar-refractivity contribution in [2.75, 3.05) is 26.7 Å². The van der Waals surface area contributed by atoms with Gasteiger partial charge in [0, 0.05) is 25.2 Å². The maximum Gasteiger partial charge on any atom is 0.251 e. The van der Waals surface area contributed by atoms with Gasteiger partial charge in [0.15, 0.2) is 0 Å². The summed E-state index contributed by atoms with van der Waals surface area (Å²) in [7, 11) is -2.22. The summed E-state index contributed by atoms with van der Waals surface area (Å²) in [6.45, 7) is 3.54. The largest absolute Gasteiger partial charge is 0.495 e. The zero-order valence-corrected chi connectivity index (χ0v) is 14.5. The van der Waals surface area contributed by atoms with Gasteiger partial charge >= 0.3 is 0 Å². The van der Waals surface area contributed by atoms with Gasteiger partial charge < -0.3 is 10.1 Å². The molecule has 0 aromatic heterocycles. The van der Waals surface area contributed by atoms with Crippen molar-refractivity contribution < 1.29 is 17.9 Å². The van der Waals surface area contributed by atoms with Crippen LogP contribution in [0.25, 0.3) is 0 Å². The van der Waals surface area contributed by atoms with Crippen LogP contribution >= 0.6 is 0 Å². The second kappa shape index (κ2) is 7.79. The predicted octanol–water partition coefficient (Wildman–Crippen LogP) is 2.01. The SMILES string of the molecule is CCCNC(=O)c1ccc(OC)c(S(=O)(=O)N2CCCCC2)c1. The molecule has 0 spiro atoms. The van der Waals surface area contributed by atoms with Crippen molar-refractivity contribution in [1.82, 2.24) is 9.62 Å². The minimum Gasteiger partial charge on any atom is -0.495 e. The number of hydrogen-bond donors (Lipinski definition) is 1. The van der Waals surface area contributed by atoms with E-state index < -0.39 is 10.0 Å². The predicted molar refractivity (Wildman–Crippen MR) is 88.2 cm³/mol. The van der Waals surface area contributed by atoms with Crippen molar-refractivity contribution in [3.05, 3.63) is 23.8 Å². The number of rotatable bonds is 6. The molecule has 0 saturated carbocycles. The minimum absolute atomic E-state index is 0.0612. The molecule has 1 aromatic carbocycles. The number of nitrogens with zero attached hydrogens (tertiary/aromatic N) is 1. The summed E-state index contributed by atoms with van der Waals surface area (Å²) in [6.07, 6.45) is 3.58. The first kappa shape index (κ1) is 17.7. The molecule has 1 aromatic rings. The fourth-order valence-corrected chi connectivity index (χ4v) is 4.30. The van der Waals surface area contributed by atoms with Gasteiger partial charge in [-0.3, -0.25) is 4.79 Å². The highest BCUT2D eigenvalue weighted by Crippen LogP contribution is 2.29. The van der Waals surface area contributed by atoms with Gasteiger partial charge in [0.1, 0.15) is 10.6 Å². The van der Waals surface area contributed by atoms with Gasteiger partial charge in [-0.05, 0) is 37.5 Å². The van der Waals surface area contributed by atoms with E-state index in [1.165, 1.54) is 23.5 Å². The van der Waals surface area contributed by atoms with E-state index in [1.54, 1.807) is 6.07 Å². The van der Waals surface area contributed by atoms with Gasteiger partial charge in [0.25, 0.3) is 5.91 Å². The van der Waals surface area contributed by atoms with E-state index in [2.05, 4.69) is 5.32 Å². The topological polar surface area (TPSA) is 75.7 Å². The number of hydrogen-bond acceptors (Lipinski definition) is 4. The van der Waals surface area contributed by atoms with Crippen LogP contribution in [0.1, 0.15) is 43.0 Å². The number of piperidine rings is 1. The Balaban J connectivity index is 2.36. The normalized spacial score (nSPS) is 16.1. The summed E-state index contributed by atoms with van der Waals surface area (Å²) >= 11 is 0. The molecule has 1 aliphatic heterocycles. The summed E-state index contributed by atoms with van der Waals surface area (Å²) in [6, 6.07) is 4.53. The van der Waals surface area contributed by atoms with Crippen LogP contribution in [0.3, 0.4) is 0 Å². The van der Waals surface area contributed by atoms with Crippen LogP contribution in [-0.4, -0.2) is 45.4 Å². The summed E-state index contributed by atoms with van der Waals surface area (Å²) in [4.78, 5) is 12.2. The molecule has 1 aliphatic rings. The number of ether oxygens (including phenoxy) is 1. The fraction of sp³-hybridized carbons (Fsp3) is 0.562. The highest BCUT2D eigenvalue weighted by molar-refractivity contribution is 7.89. The van der Waals surface area contributed by atoms with Crippen molar-refractivity contribution in [2.45, 2.75) is 37.5 Å². The molecular formula is C16H24N2O4S. The molecular weight excluding hydrogens is 316 g/mol. The Morgan fingerprint density at radius 3 is 2.57 bits per heavy atom. The smallest absolute Gasteiger partial charge is 0.251 e. The summed E-state index contributed by atoms with van der Waals surface area (Å²) in [5.41, 5.74) is 0.329. The van der Waals surface area contributed by atoms with Crippen LogP contribution in [0.15, 0.2) is 23.1 Å². The number of methoxy groups -OCH3 is 1. The molecule has 2 rings (SSSR count). The zero-order chi connectivity index (χ0) is 16.9. The van der Waals surface area contributed by atoms with Crippen LogP contribution in [0.5, 0.6) is 5.75 Å². The lowest BCUT2D eigenvalue weighted by molar-refractivity contribution is 0.0953. The number of carbonyl (C=O) groups is 1. The lowest BCUT2D eigenvalue weighted by atomic mass is 10.2. The Bertz CT molecular complexity index is 652. The molecule has 0 radical (unpaired) electrons. The van der Waals surface area contributed by atoms with Crippen molar-refractivity contribution in [1.29, 1.82) is 0 Å². The molecule has 6 nitrogen and oxygen atoms in total. The van der Waals surface area contributed by atoms with E-state index in [9.17, 15) is 13.2 Å². The average molecular weight is 340 g/mol.